The van der Waals surface area contributed by atoms with Crippen LogP contribution in [0.15, 0.2) is 59.5 Å². The molecule has 0 radical (unpaired) electrons. The molecule has 0 unspecified atom stereocenters. The molecule has 3 aromatic rings. The summed E-state index contributed by atoms with van der Waals surface area (Å²) < 4.78 is 0. The van der Waals surface area contributed by atoms with E-state index < -0.39 is 0 Å². The second-order valence-corrected chi connectivity index (χ2v) is 5.59. The highest BCUT2D eigenvalue weighted by molar-refractivity contribution is 5.83. The molecule has 5 heteroatoms. The van der Waals surface area contributed by atoms with E-state index in [1.807, 2.05) is 25.1 Å². The third-order valence-corrected chi connectivity index (χ3v) is 3.75. The van der Waals surface area contributed by atoms with Crippen molar-refractivity contribution in [1.82, 2.24) is 4.98 Å². The summed E-state index contributed by atoms with van der Waals surface area (Å²) in [5, 5.41) is 3.94. The van der Waals surface area contributed by atoms with Crippen LogP contribution in [0.5, 0.6) is 0 Å². The summed E-state index contributed by atoms with van der Waals surface area (Å²) in [6, 6.07) is 14.6. The van der Waals surface area contributed by atoms with Crippen molar-refractivity contribution >= 4 is 28.6 Å². The van der Waals surface area contributed by atoms with Gasteiger partial charge in [0.05, 0.1) is 11.3 Å². The van der Waals surface area contributed by atoms with Crippen molar-refractivity contribution in [1.29, 1.82) is 0 Å². The first-order valence-corrected chi connectivity index (χ1v) is 7.48. The molecule has 1 heterocycles. The van der Waals surface area contributed by atoms with Gasteiger partial charge in [-0.05, 0) is 54.3 Å². The number of benzene rings is 2. The summed E-state index contributed by atoms with van der Waals surface area (Å²) in [5.74, 6) is 0. The zero-order chi connectivity index (χ0) is 17.1. The van der Waals surface area contributed by atoms with E-state index in [-0.39, 0.29) is 5.56 Å². The fourth-order valence-electron chi connectivity index (χ4n) is 2.43. The van der Waals surface area contributed by atoms with Crippen LogP contribution in [0.4, 0.5) is 5.69 Å². The molecule has 0 atom stereocenters. The van der Waals surface area contributed by atoms with Crippen molar-refractivity contribution in [2.45, 2.75) is 6.92 Å². The largest absolute Gasteiger partial charge is 0.397 e. The molecule has 0 fully saturated rings. The van der Waals surface area contributed by atoms with E-state index in [1.54, 1.807) is 36.5 Å². The highest BCUT2D eigenvalue weighted by Crippen LogP contribution is 2.16. The van der Waals surface area contributed by atoms with Gasteiger partial charge in [0, 0.05) is 23.0 Å². The normalized spacial score (nSPS) is 11.5. The minimum Gasteiger partial charge on any atom is -0.397 e. The Balaban J connectivity index is 1.90. The first-order chi connectivity index (χ1) is 11.6. The van der Waals surface area contributed by atoms with Gasteiger partial charge in [0.15, 0.2) is 0 Å². The van der Waals surface area contributed by atoms with Crippen LogP contribution in [-0.4, -0.2) is 11.3 Å². The predicted octanol–water partition coefficient (Wildman–Crippen LogP) is 3.02. The summed E-state index contributed by atoms with van der Waals surface area (Å²) in [5.41, 5.74) is 9.78. The lowest BCUT2D eigenvalue weighted by atomic mass is 10.1. The molecule has 0 spiro atoms. The number of H-pyrrole nitrogens is 1. The van der Waals surface area contributed by atoms with Gasteiger partial charge in [-0.25, -0.2) is 0 Å². The molecule has 120 valence electrons. The van der Waals surface area contributed by atoms with Crippen LogP contribution in [0.2, 0.25) is 0 Å². The molecule has 0 aliphatic rings. The van der Waals surface area contributed by atoms with Crippen LogP contribution in [0.3, 0.4) is 0 Å². The Morgan fingerprint density at radius 1 is 1.12 bits per heavy atom. The van der Waals surface area contributed by atoms with Crippen LogP contribution in [0, 0.1) is 6.92 Å². The van der Waals surface area contributed by atoms with Crippen LogP contribution >= 0.6 is 0 Å². The van der Waals surface area contributed by atoms with Gasteiger partial charge in [-0.2, -0.15) is 0 Å². The molecule has 2 aromatic carbocycles. The van der Waals surface area contributed by atoms with Crippen LogP contribution in [0.25, 0.3) is 16.6 Å². The smallest absolute Gasteiger partial charge is 0.257 e. The Labute approximate surface area is 138 Å². The molecule has 0 saturated carbocycles. The van der Waals surface area contributed by atoms with E-state index in [0.717, 1.165) is 28.4 Å². The Morgan fingerprint density at radius 3 is 2.58 bits per heavy atom. The SMILES string of the molecule is Cc1ccc2cc(/C(N)=C/Nc3ccc(C=O)cc3)c(=O)[nH]c2c1. The summed E-state index contributed by atoms with van der Waals surface area (Å²) in [6.07, 6.45) is 2.35. The van der Waals surface area contributed by atoms with Gasteiger partial charge in [0.2, 0.25) is 0 Å². The maximum absolute atomic E-state index is 12.2. The second-order valence-electron chi connectivity index (χ2n) is 5.59. The number of hydrogen-bond donors (Lipinski definition) is 3. The highest BCUT2D eigenvalue weighted by atomic mass is 16.1. The molecule has 5 nitrogen and oxygen atoms in total. The van der Waals surface area contributed by atoms with Gasteiger partial charge < -0.3 is 16.0 Å². The maximum Gasteiger partial charge on any atom is 0.257 e. The molecule has 0 aliphatic heterocycles. The topological polar surface area (TPSA) is 88.0 Å². The summed E-state index contributed by atoms with van der Waals surface area (Å²) >= 11 is 0. The van der Waals surface area contributed by atoms with Gasteiger partial charge in [-0.1, -0.05) is 12.1 Å². The summed E-state index contributed by atoms with van der Waals surface area (Å²) in [7, 11) is 0. The molecule has 0 bridgehead atoms. The van der Waals surface area contributed by atoms with Gasteiger partial charge in [0.25, 0.3) is 5.56 Å². The number of fused-ring (bicyclic) bond motifs is 1. The van der Waals surface area contributed by atoms with Gasteiger partial charge >= 0.3 is 0 Å². The Bertz CT molecular complexity index is 986. The van der Waals surface area contributed by atoms with Gasteiger partial charge in [0.1, 0.15) is 6.29 Å². The summed E-state index contributed by atoms with van der Waals surface area (Å²) in [4.78, 5) is 25.7. The predicted molar refractivity (Wildman–Crippen MR) is 96.9 cm³/mol. The molecule has 0 saturated heterocycles. The lowest BCUT2D eigenvalue weighted by Gasteiger charge is -2.06. The molecule has 1 aromatic heterocycles. The standard InChI is InChI=1S/C19H17N3O2/c1-12-2-5-14-9-16(19(24)22-18(14)8-12)17(20)10-21-15-6-3-13(11-23)4-7-15/h2-11,21H,20H2,1H3,(H,22,24)/b17-10-. The van der Waals surface area contributed by atoms with E-state index in [2.05, 4.69) is 10.3 Å². The molecule has 24 heavy (non-hydrogen) atoms. The zero-order valence-corrected chi connectivity index (χ0v) is 13.2. The van der Waals surface area contributed by atoms with E-state index in [4.69, 9.17) is 5.73 Å². The number of hydrogen-bond acceptors (Lipinski definition) is 4. The highest BCUT2D eigenvalue weighted by Gasteiger charge is 2.06. The molecule has 0 amide bonds. The Morgan fingerprint density at radius 2 is 1.88 bits per heavy atom. The molecular formula is C19H17N3O2. The van der Waals surface area contributed by atoms with Crippen molar-refractivity contribution in [2.75, 3.05) is 5.32 Å². The summed E-state index contributed by atoms with van der Waals surface area (Å²) in [6.45, 7) is 1.97. The van der Waals surface area contributed by atoms with Crippen molar-refractivity contribution in [3.8, 4) is 0 Å². The minimum absolute atomic E-state index is 0.236. The fourth-order valence-corrected chi connectivity index (χ4v) is 2.43. The molecule has 4 N–H and O–H groups in total. The first-order valence-electron chi connectivity index (χ1n) is 7.48. The van der Waals surface area contributed by atoms with Crippen molar-refractivity contribution in [3.05, 3.63) is 81.8 Å². The number of carbonyl (C=O) groups is 1. The van der Waals surface area contributed by atoms with Crippen molar-refractivity contribution in [2.24, 2.45) is 5.73 Å². The van der Waals surface area contributed by atoms with Crippen molar-refractivity contribution in [3.63, 3.8) is 0 Å². The van der Waals surface area contributed by atoms with E-state index in [9.17, 15) is 9.59 Å². The number of aromatic nitrogens is 1. The number of anilines is 1. The second kappa shape index (κ2) is 6.42. The quantitative estimate of drug-likeness (QED) is 0.645. The molecule has 0 aliphatic carbocycles. The lowest BCUT2D eigenvalue weighted by molar-refractivity contribution is 0.112. The maximum atomic E-state index is 12.2. The number of aldehydes is 1. The van der Waals surface area contributed by atoms with Crippen LogP contribution in [-0.2, 0) is 0 Å². The lowest BCUT2D eigenvalue weighted by Crippen LogP contribution is -2.15. The fraction of sp³-hybridized carbons (Fsp3) is 0.0526. The third kappa shape index (κ3) is 3.20. The average molecular weight is 319 g/mol. The number of pyridine rings is 1. The number of nitrogens with one attached hydrogen (secondary N) is 2. The molecular weight excluding hydrogens is 302 g/mol. The monoisotopic (exact) mass is 319 g/mol. The van der Waals surface area contributed by atoms with Crippen molar-refractivity contribution < 1.29 is 4.79 Å². The van der Waals surface area contributed by atoms with Gasteiger partial charge in [-0.3, -0.25) is 9.59 Å². The number of aromatic amines is 1. The van der Waals surface area contributed by atoms with E-state index in [0.29, 0.717) is 16.8 Å². The number of nitrogens with two attached hydrogens (primary N) is 1. The number of carbonyl (C=O) groups excluding carboxylic acids is 1. The minimum atomic E-state index is -0.236. The van der Waals surface area contributed by atoms with Gasteiger partial charge in [-0.15, -0.1) is 0 Å². The Kier molecular flexibility index (Phi) is 4.16. The first kappa shape index (κ1) is 15.6. The molecule has 3 rings (SSSR count). The van der Waals surface area contributed by atoms with E-state index in [1.165, 1.54) is 0 Å². The average Bonchev–Trinajstić information content (AvgIpc) is 2.59. The Hall–Kier alpha value is -3.34. The van der Waals surface area contributed by atoms with E-state index >= 15 is 0 Å². The van der Waals surface area contributed by atoms with Crippen LogP contribution in [0.1, 0.15) is 21.5 Å². The van der Waals surface area contributed by atoms with Crippen LogP contribution < -0.4 is 16.6 Å². The number of aryl methyl sites for hydroxylation is 1. The zero-order valence-electron chi connectivity index (χ0n) is 13.2. The third-order valence-electron chi connectivity index (χ3n) is 3.75. The number of rotatable bonds is 4.